The van der Waals surface area contributed by atoms with E-state index in [4.69, 9.17) is 4.98 Å². The molecule has 1 atom stereocenters. The summed E-state index contributed by atoms with van der Waals surface area (Å²) in [4.78, 5) is 4.72. The van der Waals surface area contributed by atoms with Crippen LogP contribution in [0.25, 0.3) is 0 Å². The van der Waals surface area contributed by atoms with E-state index in [9.17, 15) is 0 Å². The fourth-order valence-corrected chi connectivity index (χ4v) is 2.75. The molecule has 2 aliphatic rings. The third-order valence-electron chi connectivity index (χ3n) is 4.36. The second kappa shape index (κ2) is 4.09. The lowest BCUT2D eigenvalue weighted by atomic mass is 9.74. The molecule has 17 heavy (non-hydrogen) atoms. The highest BCUT2D eigenvalue weighted by atomic mass is 15.2. The smallest absolute Gasteiger partial charge is 0.156 e. The van der Waals surface area contributed by atoms with E-state index in [1.165, 1.54) is 25.7 Å². The number of hydrogen-bond donors (Lipinski definition) is 2. The number of nitrogens with one attached hydrogen (secondary N) is 2. The Morgan fingerprint density at radius 2 is 2.06 bits per heavy atom. The van der Waals surface area contributed by atoms with Gasteiger partial charge in [0.25, 0.3) is 0 Å². The van der Waals surface area contributed by atoms with Crippen molar-refractivity contribution in [2.24, 2.45) is 5.92 Å². The maximum Gasteiger partial charge on any atom is 0.156 e. The topological polar surface area (TPSA) is 53.6 Å². The number of H-pyrrole nitrogens is 1. The molecule has 2 N–H and O–H groups in total. The Kier molecular flexibility index (Phi) is 2.69. The molecule has 0 radical (unpaired) electrons. The van der Waals surface area contributed by atoms with Gasteiger partial charge in [-0.2, -0.15) is 5.10 Å². The van der Waals surface area contributed by atoms with Crippen molar-refractivity contribution in [3.05, 3.63) is 11.6 Å². The van der Waals surface area contributed by atoms with Crippen LogP contribution in [0, 0.1) is 5.92 Å². The highest BCUT2D eigenvalue weighted by molar-refractivity contribution is 5.12. The van der Waals surface area contributed by atoms with Crippen LogP contribution in [0.5, 0.6) is 0 Å². The largest absolute Gasteiger partial charge is 0.316 e. The van der Waals surface area contributed by atoms with Crippen molar-refractivity contribution in [1.29, 1.82) is 0 Å². The second-order valence-electron chi connectivity index (χ2n) is 6.08. The molecule has 1 aliphatic carbocycles. The molecular weight excluding hydrogens is 212 g/mol. The third kappa shape index (κ3) is 2.10. The molecule has 1 aromatic rings. The van der Waals surface area contributed by atoms with Gasteiger partial charge in [-0.25, -0.2) is 4.98 Å². The quantitative estimate of drug-likeness (QED) is 0.840. The monoisotopic (exact) mass is 234 g/mol. The molecule has 94 valence electrons. The molecule has 0 amide bonds. The molecule has 1 saturated carbocycles. The van der Waals surface area contributed by atoms with E-state index in [0.717, 1.165) is 24.7 Å². The number of piperidine rings is 1. The van der Waals surface area contributed by atoms with Crippen LogP contribution in [-0.2, 0) is 5.41 Å². The SMILES string of the molecule is CC(C)(c1n[nH]c(C2CC2)n1)C1CCCNC1. The number of hydrogen-bond acceptors (Lipinski definition) is 3. The minimum absolute atomic E-state index is 0.0804. The summed E-state index contributed by atoms with van der Waals surface area (Å²) in [7, 11) is 0. The van der Waals surface area contributed by atoms with Crippen LogP contribution in [0.15, 0.2) is 0 Å². The van der Waals surface area contributed by atoms with Crippen molar-refractivity contribution >= 4 is 0 Å². The van der Waals surface area contributed by atoms with Crippen LogP contribution >= 0.6 is 0 Å². The van der Waals surface area contributed by atoms with E-state index in [1.807, 2.05) is 0 Å². The van der Waals surface area contributed by atoms with Crippen LogP contribution in [0.1, 0.15) is 57.1 Å². The van der Waals surface area contributed by atoms with Gasteiger partial charge >= 0.3 is 0 Å². The Morgan fingerprint density at radius 1 is 1.24 bits per heavy atom. The lowest BCUT2D eigenvalue weighted by molar-refractivity contribution is 0.242. The predicted octanol–water partition coefficient (Wildman–Crippen LogP) is 1.96. The summed E-state index contributed by atoms with van der Waals surface area (Å²) in [5.41, 5.74) is 0.0804. The Labute approximate surface area is 103 Å². The van der Waals surface area contributed by atoms with Crippen LogP contribution in [-0.4, -0.2) is 28.3 Å². The summed E-state index contributed by atoms with van der Waals surface area (Å²) in [5.74, 6) is 3.43. The Hall–Kier alpha value is -0.900. The maximum absolute atomic E-state index is 4.72. The van der Waals surface area contributed by atoms with Crippen LogP contribution in [0.3, 0.4) is 0 Å². The van der Waals surface area contributed by atoms with Crippen molar-refractivity contribution in [2.75, 3.05) is 13.1 Å². The molecule has 1 aromatic heterocycles. The van der Waals surface area contributed by atoms with Gasteiger partial charge in [0.15, 0.2) is 5.82 Å². The average molecular weight is 234 g/mol. The fraction of sp³-hybridized carbons (Fsp3) is 0.846. The molecule has 2 fully saturated rings. The van der Waals surface area contributed by atoms with E-state index in [-0.39, 0.29) is 5.41 Å². The lowest BCUT2D eigenvalue weighted by Crippen LogP contribution is -2.41. The zero-order valence-corrected chi connectivity index (χ0v) is 10.8. The summed E-state index contributed by atoms with van der Waals surface area (Å²) in [6, 6.07) is 0. The van der Waals surface area contributed by atoms with Gasteiger partial charge in [-0.05, 0) is 44.7 Å². The van der Waals surface area contributed by atoms with Gasteiger partial charge < -0.3 is 5.32 Å². The van der Waals surface area contributed by atoms with E-state index in [1.54, 1.807) is 0 Å². The molecule has 1 saturated heterocycles. The normalized spacial score (nSPS) is 26.1. The van der Waals surface area contributed by atoms with Gasteiger partial charge in [0.1, 0.15) is 5.82 Å². The molecule has 1 unspecified atom stereocenters. The van der Waals surface area contributed by atoms with Crippen molar-refractivity contribution < 1.29 is 0 Å². The minimum atomic E-state index is 0.0804. The van der Waals surface area contributed by atoms with Gasteiger partial charge in [0.05, 0.1) is 0 Å². The standard InChI is InChI=1S/C13H22N4/c1-13(2,10-4-3-7-14-8-10)12-15-11(16-17-12)9-5-6-9/h9-10,14H,3-8H2,1-2H3,(H,15,16,17). The molecule has 3 rings (SSSR count). The fourth-order valence-electron chi connectivity index (χ4n) is 2.75. The average Bonchev–Trinajstić information content (AvgIpc) is 3.08. The number of nitrogens with zero attached hydrogens (tertiary/aromatic N) is 2. The lowest BCUT2D eigenvalue weighted by Gasteiger charge is -2.35. The zero-order valence-electron chi connectivity index (χ0n) is 10.8. The molecule has 4 nitrogen and oxygen atoms in total. The van der Waals surface area contributed by atoms with Gasteiger partial charge in [-0.15, -0.1) is 0 Å². The minimum Gasteiger partial charge on any atom is -0.316 e. The first-order chi connectivity index (χ1) is 8.18. The van der Waals surface area contributed by atoms with Crippen molar-refractivity contribution in [2.45, 2.75) is 50.9 Å². The summed E-state index contributed by atoms with van der Waals surface area (Å²) in [6.45, 7) is 6.82. The van der Waals surface area contributed by atoms with E-state index in [0.29, 0.717) is 11.8 Å². The zero-order chi connectivity index (χ0) is 11.9. The molecular formula is C13H22N4. The van der Waals surface area contributed by atoms with Gasteiger partial charge in [0.2, 0.25) is 0 Å². The summed E-state index contributed by atoms with van der Waals surface area (Å²) < 4.78 is 0. The van der Waals surface area contributed by atoms with Gasteiger partial charge in [0, 0.05) is 11.3 Å². The Balaban J connectivity index is 1.78. The molecule has 4 heteroatoms. The maximum atomic E-state index is 4.72. The number of rotatable bonds is 3. The first kappa shape index (κ1) is 11.2. The van der Waals surface area contributed by atoms with Gasteiger partial charge in [-0.1, -0.05) is 13.8 Å². The third-order valence-corrected chi connectivity index (χ3v) is 4.36. The molecule has 0 aromatic carbocycles. The van der Waals surface area contributed by atoms with E-state index >= 15 is 0 Å². The van der Waals surface area contributed by atoms with E-state index in [2.05, 4.69) is 29.4 Å². The second-order valence-corrected chi connectivity index (χ2v) is 6.08. The van der Waals surface area contributed by atoms with Gasteiger partial charge in [-0.3, -0.25) is 5.10 Å². The Bertz CT molecular complexity index is 386. The molecule has 1 aliphatic heterocycles. The molecule has 0 spiro atoms. The predicted molar refractivity (Wildman–Crippen MR) is 67.0 cm³/mol. The van der Waals surface area contributed by atoms with Crippen LogP contribution < -0.4 is 5.32 Å². The molecule has 2 heterocycles. The van der Waals surface area contributed by atoms with Crippen molar-refractivity contribution in [1.82, 2.24) is 20.5 Å². The van der Waals surface area contributed by atoms with Crippen LogP contribution in [0.2, 0.25) is 0 Å². The van der Waals surface area contributed by atoms with E-state index < -0.39 is 0 Å². The van der Waals surface area contributed by atoms with Crippen molar-refractivity contribution in [3.63, 3.8) is 0 Å². The van der Waals surface area contributed by atoms with Crippen LogP contribution in [0.4, 0.5) is 0 Å². The highest BCUT2D eigenvalue weighted by Gasteiger charge is 2.37. The molecule has 0 bridgehead atoms. The number of aromatic amines is 1. The number of aromatic nitrogens is 3. The summed E-state index contributed by atoms with van der Waals surface area (Å²) in [6.07, 6.45) is 5.11. The summed E-state index contributed by atoms with van der Waals surface area (Å²) in [5, 5.41) is 11.1. The summed E-state index contributed by atoms with van der Waals surface area (Å²) >= 11 is 0. The first-order valence-electron chi connectivity index (χ1n) is 6.81. The Morgan fingerprint density at radius 3 is 2.71 bits per heavy atom. The highest BCUT2D eigenvalue weighted by Crippen LogP contribution is 2.39. The first-order valence-corrected chi connectivity index (χ1v) is 6.81. The van der Waals surface area contributed by atoms with Crippen molar-refractivity contribution in [3.8, 4) is 0 Å².